The van der Waals surface area contributed by atoms with Crippen molar-refractivity contribution in [3.63, 3.8) is 0 Å². The van der Waals surface area contributed by atoms with Crippen molar-refractivity contribution in [2.75, 3.05) is 31.3 Å². The highest BCUT2D eigenvalue weighted by molar-refractivity contribution is 7.88. The molecule has 0 saturated carbocycles. The molecule has 7 heteroatoms. The summed E-state index contributed by atoms with van der Waals surface area (Å²) in [5.41, 5.74) is 2.82. The number of piperidine rings is 1. The Balaban J connectivity index is 1.74. The van der Waals surface area contributed by atoms with Gasteiger partial charge < -0.3 is 10.2 Å². The molecule has 1 saturated heterocycles. The van der Waals surface area contributed by atoms with Crippen molar-refractivity contribution in [3.8, 4) is 0 Å². The number of carbonyl (C=O) groups excluding carboxylic acids is 1. The lowest BCUT2D eigenvalue weighted by Gasteiger charge is -2.29. The third kappa shape index (κ3) is 5.40. The maximum atomic E-state index is 13.1. The zero-order chi connectivity index (χ0) is 21.7. The number of nitrogens with zero attached hydrogens (tertiary/aromatic N) is 2. The first-order valence-electron chi connectivity index (χ1n) is 10.4. The van der Waals surface area contributed by atoms with Crippen LogP contribution in [0.3, 0.4) is 0 Å². The molecule has 6 nitrogen and oxygen atoms in total. The minimum Gasteiger partial charge on any atom is -0.372 e. The fourth-order valence-electron chi connectivity index (χ4n) is 3.85. The van der Waals surface area contributed by atoms with Crippen LogP contribution < -0.4 is 10.2 Å². The minimum atomic E-state index is -3.55. The summed E-state index contributed by atoms with van der Waals surface area (Å²) in [5.74, 6) is -0.346. The van der Waals surface area contributed by atoms with E-state index in [9.17, 15) is 13.2 Å². The van der Waals surface area contributed by atoms with Gasteiger partial charge in [0.1, 0.15) is 6.04 Å². The SMILES string of the molecule is C[C@H](NC(=O)[C@H](c1ccccc1)N(C)S(C)(=O)=O)c1ccc(N2CCCCC2)cc1. The largest absolute Gasteiger partial charge is 0.372 e. The Hall–Kier alpha value is -2.38. The van der Waals surface area contributed by atoms with Gasteiger partial charge in [0.25, 0.3) is 0 Å². The van der Waals surface area contributed by atoms with Crippen LogP contribution in [0.1, 0.15) is 49.4 Å². The Morgan fingerprint density at radius 2 is 1.57 bits per heavy atom. The maximum Gasteiger partial charge on any atom is 0.243 e. The van der Waals surface area contributed by atoms with Crippen LogP contribution in [0.25, 0.3) is 0 Å². The summed E-state index contributed by atoms with van der Waals surface area (Å²) in [6.45, 7) is 4.08. The van der Waals surface area contributed by atoms with Gasteiger partial charge in [0.15, 0.2) is 0 Å². The Bertz CT molecular complexity index is 939. The number of nitrogens with one attached hydrogen (secondary N) is 1. The van der Waals surface area contributed by atoms with Crippen LogP contribution in [0.15, 0.2) is 54.6 Å². The summed E-state index contributed by atoms with van der Waals surface area (Å²) >= 11 is 0. The Labute approximate surface area is 179 Å². The monoisotopic (exact) mass is 429 g/mol. The number of sulfonamides is 1. The van der Waals surface area contributed by atoms with E-state index in [-0.39, 0.29) is 11.9 Å². The van der Waals surface area contributed by atoms with Crippen LogP contribution in [-0.2, 0) is 14.8 Å². The summed E-state index contributed by atoms with van der Waals surface area (Å²) in [7, 11) is -2.11. The molecule has 2 aromatic rings. The van der Waals surface area contributed by atoms with Gasteiger partial charge in [0.2, 0.25) is 15.9 Å². The number of likely N-dealkylation sites (N-methyl/N-ethyl adjacent to an activating group) is 1. The fraction of sp³-hybridized carbons (Fsp3) is 0.435. The zero-order valence-corrected chi connectivity index (χ0v) is 18.7. The fourth-order valence-corrected chi connectivity index (χ4v) is 4.46. The highest BCUT2D eigenvalue weighted by atomic mass is 32.2. The smallest absolute Gasteiger partial charge is 0.243 e. The number of anilines is 1. The first-order valence-corrected chi connectivity index (χ1v) is 12.3. The number of hydrogen-bond acceptors (Lipinski definition) is 4. The number of benzene rings is 2. The molecule has 0 bridgehead atoms. The van der Waals surface area contributed by atoms with E-state index in [2.05, 4.69) is 22.3 Å². The van der Waals surface area contributed by atoms with Crippen LogP contribution in [0.4, 0.5) is 5.69 Å². The molecule has 2 atom stereocenters. The van der Waals surface area contributed by atoms with Crippen molar-refractivity contribution in [1.82, 2.24) is 9.62 Å². The van der Waals surface area contributed by atoms with Gasteiger partial charge in [0, 0.05) is 25.8 Å². The summed E-state index contributed by atoms with van der Waals surface area (Å²) in [6.07, 6.45) is 4.85. The highest BCUT2D eigenvalue weighted by Crippen LogP contribution is 2.25. The van der Waals surface area contributed by atoms with Crippen molar-refractivity contribution < 1.29 is 13.2 Å². The molecule has 0 aromatic heterocycles. The van der Waals surface area contributed by atoms with Crippen LogP contribution >= 0.6 is 0 Å². The lowest BCUT2D eigenvalue weighted by Crippen LogP contribution is -2.42. The number of hydrogen-bond donors (Lipinski definition) is 1. The highest BCUT2D eigenvalue weighted by Gasteiger charge is 2.31. The molecule has 0 radical (unpaired) electrons. The molecule has 1 N–H and O–H groups in total. The van der Waals surface area contributed by atoms with Crippen molar-refractivity contribution in [1.29, 1.82) is 0 Å². The second-order valence-electron chi connectivity index (χ2n) is 7.96. The molecule has 1 heterocycles. The van der Waals surface area contributed by atoms with Crippen LogP contribution in [-0.4, -0.2) is 45.0 Å². The third-order valence-corrected chi connectivity index (χ3v) is 6.98. The summed E-state index contributed by atoms with van der Waals surface area (Å²) in [4.78, 5) is 15.5. The molecule has 3 rings (SSSR count). The normalized spacial score (nSPS) is 16.9. The lowest BCUT2D eigenvalue weighted by atomic mass is 10.0. The van der Waals surface area contributed by atoms with Gasteiger partial charge in [-0.3, -0.25) is 4.79 Å². The van der Waals surface area contributed by atoms with Crippen LogP contribution in [0, 0.1) is 0 Å². The van der Waals surface area contributed by atoms with Gasteiger partial charge in [-0.2, -0.15) is 4.31 Å². The standard InChI is InChI=1S/C23H31N3O3S/c1-18(19-12-14-21(15-13-19)26-16-8-5-9-17-26)24-23(27)22(25(2)30(3,28)29)20-10-6-4-7-11-20/h4,6-7,10-15,18,22H,5,8-9,16-17H2,1-3H3,(H,24,27)/t18-,22-/m0/s1. The molecule has 1 fully saturated rings. The average Bonchev–Trinajstić information content (AvgIpc) is 2.74. The molecule has 0 unspecified atom stereocenters. The van der Waals surface area contributed by atoms with Crippen molar-refractivity contribution in [2.24, 2.45) is 0 Å². The molecule has 0 aliphatic carbocycles. The van der Waals surface area contributed by atoms with E-state index < -0.39 is 16.1 Å². The van der Waals surface area contributed by atoms with E-state index in [1.165, 1.54) is 32.0 Å². The first kappa shape index (κ1) is 22.3. The Morgan fingerprint density at radius 3 is 2.13 bits per heavy atom. The second kappa shape index (κ2) is 9.62. The van der Waals surface area contributed by atoms with E-state index >= 15 is 0 Å². The van der Waals surface area contributed by atoms with Gasteiger partial charge in [-0.1, -0.05) is 42.5 Å². The van der Waals surface area contributed by atoms with E-state index in [4.69, 9.17) is 0 Å². The van der Waals surface area contributed by atoms with Crippen molar-refractivity contribution >= 4 is 21.6 Å². The Morgan fingerprint density at radius 1 is 0.967 bits per heavy atom. The molecule has 162 valence electrons. The summed E-state index contributed by atoms with van der Waals surface area (Å²) in [6, 6.07) is 16.1. The Kier molecular flexibility index (Phi) is 7.15. The predicted molar refractivity (Wildman–Crippen MR) is 121 cm³/mol. The summed E-state index contributed by atoms with van der Waals surface area (Å²) in [5, 5.41) is 2.99. The predicted octanol–water partition coefficient (Wildman–Crippen LogP) is 3.49. The van der Waals surface area contributed by atoms with E-state index in [1.807, 2.05) is 25.1 Å². The minimum absolute atomic E-state index is 0.243. The van der Waals surface area contributed by atoms with E-state index in [0.717, 1.165) is 29.2 Å². The van der Waals surface area contributed by atoms with Gasteiger partial charge in [-0.15, -0.1) is 0 Å². The molecular formula is C23H31N3O3S. The average molecular weight is 430 g/mol. The lowest BCUT2D eigenvalue weighted by molar-refractivity contribution is -0.125. The summed E-state index contributed by atoms with van der Waals surface area (Å²) < 4.78 is 25.4. The maximum absolute atomic E-state index is 13.1. The number of carbonyl (C=O) groups is 1. The van der Waals surface area contributed by atoms with E-state index in [0.29, 0.717) is 5.56 Å². The van der Waals surface area contributed by atoms with E-state index in [1.54, 1.807) is 24.3 Å². The topological polar surface area (TPSA) is 69.7 Å². The van der Waals surface area contributed by atoms with Crippen molar-refractivity contribution in [3.05, 3.63) is 65.7 Å². The first-order chi connectivity index (χ1) is 14.3. The van der Waals surface area contributed by atoms with Crippen molar-refractivity contribution in [2.45, 2.75) is 38.3 Å². The second-order valence-corrected chi connectivity index (χ2v) is 10.0. The molecule has 0 spiro atoms. The van der Waals surface area contributed by atoms with Gasteiger partial charge in [-0.05, 0) is 49.4 Å². The van der Waals surface area contributed by atoms with Crippen LogP contribution in [0.5, 0.6) is 0 Å². The quantitative estimate of drug-likeness (QED) is 0.732. The number of rotatable bonds is 7. The number of amides is 1. The molecule has 1 amide bonds. The van der Waals surface area contributed by atoms with Gasteiger partial charge >= 0.3 is 0 Å². The third-order valence-electron chi connectivity index (χ3n) is 5.72. The zero-order valence-electron chi connectivity index (χ0n) is 17.9. The van der Waals surface area contributed by atoms with Gasteiger partial charge in [-0.25, -0.2) is 8.42 Å². The molecule has 1 aliphatic rings. The molecule has 1 aliphatic heterocycles. The van der Waals surface area contributed by atoms with Crippen LogP contribution in [0.2, 0.25) is 0 Å². The van der Waals surface area contributed by atoms with Gasteiger partial charge in [0.05, 0.1) is 12.3 Å². The molecular weight excluding hydrogens is 398 g/mol. The molecule has 2 aromatic carbocycles. The molecule has 30 heavy (non-hydrogen) atoms.